The van der Waals surface area contributed by atoms with Crippen molar-refractivity contribution in [1.82, 2.24) is 5.32 Å². The average molecular weight is 220 g/mol. The molecular weight excluding hydrogens is 204 g/mol. The Bertz CT molecular complexity index is 223. The van der Waals surface area contributed by atoms with E-state index >= 15 is 0 Å². The molecule has 7 nitrogen and oxygen atoms in total. The number of hydrogen-bond donors (Lipinski definition) is 5. The highest BCUT2D eigenvalue weighted by Crippen LogP contribution is 2.02. The zero-order chi connectivity index (χ0) is 12.0. The Morgan fingerprint density at radius 2 is 2.00 bits per heavy atom. The first-order valence-corrected chi connectivity index (χ1v) is 4.39. The number of rotatable bonds is 6. The zero-order valence-electron chi connectivity index (χ0n) is 8.33. The van der Waals surface area contributed by atoms with Gasteiger partial charge in [0.25, 0.3) is 0 Å². The third-order valence-electron chi connectivity index (χ3n) is 1.88. The molecule has 0 aromatic carbocycles. The Labute approximate surface area is 86.9 Å². The summed E-state index contributed by atoms with van der Waals surface area (Å²) in [6, 6.07) is -2.31. The molecule has 1 amide bonds. The number of hydrogen-bond acceptors (Lipinski definition) is 6. The summed E-state index contributed by atoms with van der Waals surface area (Å²) in [5, 5.41) is 29.5. The van der Waals surface area contributed by atoms with E-state index in [4.69, 9.17) is 10.8 Å². The smallest absolute Gasteiger partial charge is 0.217 e. The lowest BCUT2D eigenvalue weighted by Gasteiger charge is -2.26. The predicted octanol–water partition coefficient (Wildman–Crippen LogP) is -3.27. The molecule has 0 radical (unpaired) electrons. The van der Waals surface area contributed by atoms with Crippen LogP contribution < -0.4 is 11.1 Å². The van der Waals surface area contributed by atoms with Crippen LogP contribution in [0.25, 0.3) is 0 Å². The van der Waals surface area contributed by atoms with Crippen LogP contribution in [0.15, 0.2) is 0 Å². The predicted molar refractivity (Wildman–Crippen MR) is 50.7 cm³/mol. The van der Waals surface area contributed by atoms with Gasteiger partial charge in [-0.05, 0) is 0 Å². The number of aliphatic hydroxyl groups excluding tert-OH is 3. The van der Waals surface area contributed by atoms with Gasteiger partial charge in [0.15, 0.2) is 0 Å². The quantitative estimate of drug-likeness (QED) is 0.298. The molecule has 0 aliphatic rings. The van der Waals surface area contributed by atoms with Gasteiger partial charge in [-0.1, -0.05) is 0 Å². The lowest BCUT2D eigenvalue weighted by Crippen LogP contribution is -2.55. The van der Waals surface area contributed by atoms with Crippen LogP contribution in [0.4, 0.5) is 0 Å². The molecule has 15 heavy (non-hydrogen) atoms. The van der Waals surface area contributed by atoms with Gasteiger partial charge in [0.2, 0.25) is 5.91 Å². The van der Waals surface area contributed by atoms with Crippen LogP contribution in [0.3, 0.4) is 0 Å². The molecule has 88 valence electrons. The maximum atomic E-state index is 10.6. The third-order valence-corrected chi connectivity index (χ3v) is 1.88. The Morgan fingerprint density at radius 1 is 1.47 bits per heavy atom. The molecule has 7 heteroatoms. The van der Waals surface area contributed by atoms with Crippen molar-refractivity contribution >= 4 is 12.2 Å². The highest BCUT2D eigenvalue weighted by molar-refractivity contribution is 5.77. The van der Waals surface area contributed by atoms with E-state index in [1.807, 2.05) is 0 Å². The maximum absolute atomic E-state index is 10.6. The van der Waals surface area contributed by atoms with E-state index < -0.39 is 36.8 Å². The Kier molecular flexibility index (Phi) is 6.02. The second-order valence-corrected chi connectivity index (χ2v) is 3.19. The van der Waals surface area contributed by atoms with Crippen molar-refractivity contribution in [1.29, 1.82) is 0 Å². The monoisotopic (exact) mass is 220 g/mol. The molecule has 0 rings (SSSR count). The van der Waals surface area contributed by atoms with Crippen molar-refractivity contribution in [2.45, 2.75) is 31.2 Å². The van der Waals surface area contributed by atoms with Crippen LogP contribution in [-0.2, 0) is 9.59 Å². The Morgan fingerprint density at radius 3 is 2.33 bits per heavy atom. The van der Waals surface area contributed by atoms with Crippen LogP contribution in [0.2, 0.25) is 0 Å². The molecule has 0 unspecified atom stereocenters. The third kappa shape index (κ3) is 4.34. The largest absolute Gasteiger partial charge is 0.395 e. The number of aldehydes is 1. The lowest BCUT2D eigenvalue weighted by molar-refractivity contribution is -0.126. The lowest BCUT2D eigenvalue weighted by atomic mass is 10.0. The Hall–Kier alpha value is -1.02. The SMILES string of the molecule is CC(=O)N[C@H](C=O)[C@@H](O)[C@H](O)[C@@H](N)CO. The fourth-order valence-corrected chi connectivity index (χ4v) is 1.01. The molecule has 0 aliphatic carbocycles. The minimum absolute atomic E-state index is 0.291. The van der Waals surface area contributed by atoms with Gasteiger partial charge in [0.05, 0.1) is 18.8 Å². The van der Waals surface area contributed by atoms with Gasteiger partial charge in [-0.25, -0.2) is 0 Å². The molecule has 0 aromatic rings. The van der Waals surface area contributed by atoms with Crippen LogP contribution >= 0.6 is 0 Å². The van der Waals surface area contributed by atoms with Gasteiger partial charge >= 0.3 is 0 Å². The normalized spacial score (nSPS) is 18.7. The van der Waals surface area contributed by atoms with Gasteiger partial charge in [-0.2, -0.15) is 0 Å². The van der Waals surface area contributed by atoms with E-state index in [1.165, 1.54) is 6.92 Å². The molecule has 4 atom stereocenters. The number of carbonyl (C=O) groups excluding carboxylic acids is 2. The topological polar surface area (TPSA) is 133 Å². The minimum Gasteiger partial charge on any atom is -0.395 e. The minimum atomic E-state index is -1.55. The number of nitrogens with one attached hydrogen (secondary N) is 1. The molecule has 0 spiro atoms. The van der Waals surface area contributed by atoms with Crippen molar-refractivity contribution < 1.29 is 24.9 Å². The highest BCUT2D eigenvalue weighted by atomic mass is 16.3. The van der Waals surface area contributed by atoms with Crippen LogP contribution in [0, 0.1) is 0 Å². The van der Waals surface area contributed by atoms with E-state index in [0.717, 1.165) is 0 Å². The fraction of sp³-hybridized carbons (Fsp3) is 0.750. The standard InChI is InChI=1S/C8H16N2O5/c1-4(13)10-6(3-12)8(15)7(14)5(9)2-11/h3,5-8,11,14-15H,2,9H2,1H3,(H,10,13)/t5-,6+,7+,8+/m0/s1. The first kappa shape index (κ1) is 14.0. The van der Waals surface area contributed by atoms with E-state index in [9.17, 15) is 19.8 Å². The summed E-state index contributed by atoms with van der Waals surface area (Å²) in [6.45, 7) is 0.630. The maximum Gasteiger partial charge on any atom is 0.217 e. The molecule has 0 saturated heterocycles. The van der Waals surface area contributed by atoms with Crippen LogP contribution in [0.1, 0.15) is 6.92 Å². The van der Waals surface area contributed by atoms with E-state index in [2.05, 4.69) is 5.32 Å². The van der Waals surface area contributed by atoms with E-state index in [0.29, 0.717) is 6.29 Å². The van der Waals surface area contributed by atoms with Gasteiger partial charge in [0, 0.05) is 6.92 Å². The summed E-state index contributed by atoms with van der Waals surface area (Å²) in [5.74, 6) is -0.518. The molecular formula is C8H16N2O5. The molecule has 0 heterocycles. The number of amides is 1. The molecule has 0 bridgehead atoms. The van der Waals surface area contributed by atoms with Gasteiger partial charge < -0.3 is 31.2 Å². The first-order chi connectivity index (χ1) is 6.93. The highest BCUT2D eigenvalue weighted by Gasteiger charge is 2.30. The second-order valence-electron chi connectivity index (χ2n) is 3.19. The van der Waals surface area contributed by atoms with Crippen molar-refractivity contribution in [3.05, 3.63) is 0 Å². The molecule has 0 saturated carbocycles. The van der Waals surface area contributed by atoms with Crippen molar-refractivity contribution in [2.75, 3.05) is 6.61 Å². The Balaban J connectivity index is 4.42. The van der Waals surface area contributed by atoms with Crippen molar-refractivity contribution in [3.63, 3.8) is 0 Å². The average Bonchev–Trinajstić information content (AvgIpc) is 2.22. The second kappa shape index (κ2) is 6.46. The van der Waals surface area contributed by atoms with E-state index in [1.54, 1.807) is 0 Å². The number of nitrogens with two attached hydrogens (primary N) is 1. The number of aliphatic hydroxyl groups is 3. The van der Waals surface area contributed by atoms with E-state index in [-0.39, 0.29) is 0 Å². The summed E-state index contributed by atoms with van der Waals surface area (Å²) in [5.41, 5.74) is 5.25. The van der Waals surface area contributed by atoms with Gasteiger partial charge in [-0.15, -0.1) is 0 Å². The molecule has 0 fully saturated rings. The molecule has 0 aromatic heterocycles. The molecule has 6 N–H and O–H groups in total. The van der Waals surface area contributed by atoms with Crippen LogP contribution in [0.5, 0.6) is 0 Å². The summed E-state index contributed by atoms with van der Waals surface area (Å²) < 4.78 is 0. The summed E-state index contributed by atoms with van der Waals surface area (Å²) in [7, 11) is 0. The van der Waals surface area contributed by atoms with Crippen molar-refractivity contribution in [3.8, 4) is 0 Å². The molecule has 0 aliphatic heterocycles. The summed E-state index contributed by atoms with van der Waals surface area (Å²) >= 11 is 0. The van der Waals surface area contributed by atoms with Crippen LogP contribution in [-0.4, -0.2) is 58.4 Å². The number of carbonyl (C=O) groups is 2. The van der Waals surface area contributed by atoms with Gasteiger partial charge in [0.1, 0.15) is 18.4 Å². The van der Waals surface area contributed by atoms with Crippen molar-refractivity contribution in [2.24, 2.45) is 5.73 Å². The zero-order valence-corrected chi connectivity index (χ0v) is 8.33. The first-order valence-electron chi connectivity index (χ1n) is 4.39. The fourth-order valence-electron chi connectivity index (χ4n) is 1.01. The summed E-state index contributed by atoms with van der Waals surface area (Å²) in [6.07, 6.45) is -2.75. The van der Waals surface area contributed by atoms with Gasteiger partial charge in [-0.3, -0.25) is 4.79 Å². The summed E-state index contributed by atoms with van der Waals surface area (Å²) in [4.78, 5) is 21.1.